The van der Waals surface area contributed by atoms with Crippen LogP contribution in [0.4, 0.5) is 22.7 Å². The van der Waals surface area contributed by atoms with Gasteiger partial charge < -0.3 is 19.1 Å². The van der Waals surface area contributed by atoms with E-state index in [2.05, 4.69) is 185 Å². The van der Waals surface area contributed by atoms with Gasteiger partial charge in [-0.05, 0) is 75.7 Å². The molecule has 298 valence electrons. The largest absolute Gasteiger partial charge is 0.509 e. The normalized spacial score (nSPS) is 13.0. The summed E-state index contributed by atoms with van der Waals surface area (Å²) in [5.41, 5.74) is 10.3. The second-order valence-electron chi connectivity index (χ2n) is 16.9. The summed E-state index contributed by atoms with van der Waals surface area (Å²) in [5, 5.41) is 4.75. The first kappa shape index (κ1) is 39.1. The van der Waals surface area contributed by atoms with Crippen LogP contribution in [-0.2, 0) is 26.5 Å². The zero-order valence-corrected chi connectivity index (χ0v) is 37.4. The molecule has 10 rings (SSSR count). The van der Waals surface area contributed by atoms with Crippen molar-refractivity contribution in [3.05, 3.63) is 163 Å². The number of rotatable bonds is 7. The molecule has 6 aromatic carbocycles. The fourth-order valence-electron chi connectivity index (χ4n) is 8.54. The first-order valence-electron chi connectivity index (χ1n) is 20.2. The van der Waals surface area contributed by atoms with E-state index in [0.29, 0.717) is 23.3 Å². The first-order chi connectivity index (χ1) is 28.0. The molecule has 7 heteroatoms. The molecule has 5 nitrogen and oxygen atoms in total. The number of anilines is 4. The Morgan fingerprint density at radius 2 is 1.34 bits per heavy atom. The van der Waals surface area contributed by atoms with E-state index >= 15 is 0 Å². The van der Waals surface area contributed by atoms with Crippen molar-refractivity contribution in [1.82, 2.24) is 9.55 Å². The van der Waals surface area contributed by atoms with Gasteiger partial charge in [0.2, 0.25) is 0 Å². The van der Waals surface area contributed by atoms with E-state index in [0.717, 1.165) is 44.7 Å². The van der Waals surface area contributed by atoms with E-state index in [1.54, 1.807) is 0 Å². The van der Waals surface area contributed by atoms with Crippen LogP contribution in [0.3, 0.4) is 0 Å². The molecule has 4 heterocycles. The van der Waals surface area contributed by atoms with Crippen LogP contribution in [0.25, 0.3) is 47.8 Å². The number of aromatic nitrogens is 2. The summed E-state index contributed by atoms with van der Waals surface area (Å²) < 4.78 is 11.5. The standard InChI is InChI=1S/C52H45N4OS.Pt/c1-32(2)38-17-13-18-39(33(3)4)50(38)55-31-54(43-19-9-10-20-44(43)55)35-14-12-15-36(29-35)57-37-22-23-40-41-24-25-47-49(42-16-8-11-21-46(42)58-47)51(41)56(45(40)30-37)48-28-34(26-27-53-48)52(5,6)7;/h8-28,31-33H,1-7H3;/q-3;. The Labute approximate surface area is 365 Å². The van der Waals surface area contributed by atoms with Crippen molar-refractivity contribution in [2.45, 2.75) is 65.7 Å². The number of hydrogen-bond acceptors (Lipinski definition) is 5. The molecule has 0 fully saturated rings. The van der Waals surface area contributed by atoms with Gasteiger partial charge in [0, 0.05) is 76.0 Å². The maximum Gasteiger partial charge on any atom is 0.135 e. The molecule has 0 radical (unpaired) electrons. The van der Waals surface area contributed by atoms with Gasteiger partial charge in [0.15, 0.2) is 0 Å². The van der Waals surface area contributed by atoms with E-state index in [9.17, 15) is 0 Å². The van der Waals surface area contributed by atoms with Crippen molar-refractivity contribution in [3.63, 3.8) is 0 Å². The third kappa shape index (κ3) is 6.62. The number of para-hydroxylation sites is 3. The zero-order chi connectivity index (χ0) is 39.9. The third-order valence-corrected chi connectivity index (χ3v) is 12.6. The second-order valence-corrected chi connectivity index (χ2v) is 18.0. The molecule has 0 saturated carbocycles. The van der Waals surface area contributed by atoms with Crippen LogP contribution in [0, 0.1) is 18.8 Å². The molecule has 9 aromatic rings. The molecule has 0 N–H and O–H groups in total. The van der Waals surface area contributed by atoms with Gasteiger partial charge in [-0.25, -0.2) is 4.98 Å². The van der Waals surface area contributed by atoms with Gasteiger partial charge in [-0.15, -0.1) is 59.4 Å². The molecule has 3 aromatic heterocycles. The van der Waals surface area contributed by atoms with Crippen LogP contribution < -0.4 is 14.5 Å². The molecule has 0 bridgehead atoms. The van der Waals surface area contributed by atoms with E-state index in [4.69, 9.17) is 9.72 Å². The summed E-state index contributed by atoms with van der Waals surface area (Å²) in [6.07, 6.45) is 1.93. The van der Waals surface area contributed by atoms with Gasteiger partial charge in [0.1, 0.15) is 5.82 Å². The molecular weight excluding hydrogens is 924 g/mol. The summed E-state index contributed by atoms with van der Waals surface area (Å²) >= 11 is 1.83. The minimum absolute atomic E-state index is 0. The van der Waals surface area contributed by atoms with Crippen molar-refractivity contribution in [2.75, 3.05) is 9.80 Å². The van der Waals surface area contributed by atoms with Crippen LogP contribution >= 0.6 is 11.3 Å². The fraction of sp³-hybridized carbons (Fsp3) is 0.192. The quantitative estimate of drug-likeness (QED) is 0.149. The topological polar surface area (TPSA) is 33.5 Å². The number of thiophene rings is 1. The molecule has 0 amide bonds. The minimum atomic E-state index is -0.0431. The molecule has 1 aliphatic rings. The average molecular weight is 969 g/mol. The Kier molecular flexibility index (Phi) is 9.93. The van der Waals surface area contributed by atoms with Crippen LogP contribution in [0.15, 0.2) is 128 Å². The van der Waals surface area contributed by atoms with Gasteiger partial charge in [-0.2, -0.15) is 12.1 Å². The van der Waals surface area contributed by atoms with Gasteiger partial charge in [-0.1, -0.05) is 109 Å². The van der Waals surface area contributed by atoms with Crippen molar-refractivity contribution in [3.8, 4) is 17.3 Å². The van der Waals surface area contributed by atoms with Crippen LogP contribution in [-0.4, -0.2) is 9.55 Å². The van der Waals surface area contributed by atoms with Crippen molar-refractivity contribution in [1.29, 1.82) is 0 Å². The number of benzene rings is 6. The maximum absolute atomic E-state index is 6.70. The number of fused-ring (bicyclic) bond motifs is 8. The van der Waals surface area contributed by atoms with E-state index < -0.39 is 0 Å². The van der Waals surface area contributed by atoms with Crippen LogP contribution in [0.5, 0.6) is 11.5 Å². The summed E-state index contributed by atoms with van der Waals surface area (Å²) in [4.78, 5) is 9.58. The van der Waals surface area contributed by atoms with E-state index in [-0.39, 0.29) is 26.5 Å². The van der Waals surface area contributed by atoms with Crippen molar-refractivity contribution >= 4 is 76.1 Å². The Hall–Kier alpha value is -5.42. The summed E-state index contributed by atoms with van der Waals surface area (Å²) in [5.74, 6) is 2.83. The first-order valence-corrected chi connectivity index (χ1v) is 21.0. The molecule has 0 aliphatic carbocycles. The van der Waals surface area contributed by atoms with Gasteiger partial charge in [-0.3, -0.25) is 0 Å². The van der Waals surface area contributed by atoms with Gasteiger partial charge >= 0.3 is 0 Å². The van der Waals surface area contributed by atoms with Crippen molar-refractivity contribution < 1.29 is 25.8 Å². The molecular formula is C52H45N4OPtS-3. The molecule has 0 unspecified atom stereocenters. The predicted molar refractivity (Wildman–Crippen MR) is 244 cm³/mol. The number of pyridine rings is 1. The SMILES string of the molecule is CC(C)c1cccc(C(C)C)c1N1[CH-]N(c2[c-]c(Oc3[c-]c4c(cc3)c3ccc5sc6ccccc6c5c3n4-c3cc(C(C)(C)C)ccn3)ccc2)c2ccccc21.[Pt]. The summed E-state index contributed by atoms with van der Waals surface area (Å²) in [6, 6.07) is 50.5. The van der Waals surface area contributed by atoms with Crippen LogP contribution in [0.1, 0.15) is 77.0 Å². The Bertz CT molecular complexity index is 3020. The fourth-order valence-corrected chi connectivity index (χ4v) is 9.65. The Balaban J connectivity index is 0.00000449. The Morgan fingerprint density at radius 3 is 2.08 bits per heavy atom. The van der Waals surface area contributed by atoms with Crippen LogP contribution in [0.2, 0.25) is 0 Å². The second kappa shape index (κ2) is 15.0. The minimum Gasteiger partial charge on any atom is -0.509 e. The molecule has 0 saturated heterocycles. The molecule has 0 spiro atoms. The molecule has 0 atom stereocenters. The molecule has 1 aliphatic heterocycles. The van der Waals surface area contributed by atoms with Gasteiger partial charge in [0.05, 0.1) is 5.52 Å². The van der Waals surface area contributed by atoms with Gasteiger partial charge in [0.25, 0.3) is 0 Å². The number of hydrogen-bond donors (Lipinski definition) is 0. The summed E-state index contributed by atoms with van der Waals surface area (Å²) in [7, 11) is 0. The third-order valence-electron chi connectivity index (χ3n) is 11.4. The zero-order valence-electron chi connectivity index (χ0n) is 34.3. The molecule has 59 heavy (non-hydrogen) atoms. The van der Waals surface area contributed by atoms with E-state index in [1.807, 2.05) is 35.7 Å². The number of nitrogens with zero attached hydrogens (tertiary/aromatic N) is 4. The van der Waals surface area contributed by atoms with E-state index in [1.165, 1.54) is 42.6 Å². The Morgan fingerprint density at radius 1 is 0.661 bits per heavy atom. The average Bonchev–Trinajstić information content (AvgIpc) is 3.90. The smallest absolute Gasteiger partial charge is 0.135 e. The monoisotopic (exact) mass is 968 g/mol. The number of ether oxygens (including phenoxy) is 1. The van der Waals surface area contributed by atoms with Crippen molar-refractivity contribution in [2.24, 2.45) is 0 Å². The predicted octanol–water partition coefficient (Wildman–Crippen LogP) is 14.9. The summed E-state index contributed by atoms with van der Waals surface area (Å²) in [6.45, 7) is 18.0. The maximum atomic E-state index is 6.70.